The van der Waals surface area contributed by atoms with Crippen molar-refractivity contribution in [3.8, 4) is 5.75 Å². The molecule has 18 heavy (non-hydrogen) atoms. The van der Waals surface area contributed by atoms with E-state index in [2.05, 4.69) is 5.32 Å². The molecule has 0 atom stereocenters. The summed E-state index contributed by atoms with van der Waals surface area (Å²) in [5.74, 6) is -0.970. The minimum absolute atomic E-state index is 0.0436. The first-order valence-corrected chi connectivity index (χ1v) is 5.54. The summed E-state index contributed by atoms with van der Waals surface area (Å²) in [6.07, 6.45) is 3.44. The lowest BCUT2D eigenvalue weighted by Gasteiger charge is -1.99. The number of carboxylic acid groups (broad SMARTS) is 1. The van der Waals surface area contributed by atoms with Crippen molar-refractivity contribution in [1.82, 2.24) is 5.32 Å². The molecule has 0 saturated heterocycles. The Morgan fingerprint density at radius 3 is 2.50 bits per heavy atom. The molecule has 0 bridgehead atoms. The maximum atomic E-state index is 11.3. The summed E-state index contributed by atoms with van der Waals surface area (Å²) in [7, 11) is 0. The fraction of sp³-hybridized carbons (Fsp3) is 0.231. The molecule has 0 aromatic heterocycles. The van der Waals surface area contributed by atoms with E-state index in [-0.39, 0.29) is 18.1 Å². The van der Waals surface area contributed by atoms with Gasteiger partial charge in [0.05, 0.1) is 0 Å². The molecule has 0 radical (unpaired) electrons. The molecule has 0 aliphatic rings. The summed E-state index contributed by atoms with van der Waals surface area (Å²) in [4.78, 5) is 21.6. The zero-order chi connectivity index (χ0) is 13.4. The second kappa shape index (κ2) is 7.11. The molecule has 1 rings (SSSR count). The van der Waals surface area contributed by atoms with Gasteiger partial charge < -0.3 is 15.5 Å². The number of aromatic hydroxyl groups is 1. The van der Waals surface area contributed by atoms with Crippen molar-refractivity contribution in [2.75, 3.05) is 6.54 Å². The van der Waals surface area contributed by atoms with Crippen molar-refractivity contribution in [3.05, 3.63) is 35.9 Å². The van der Waals surface area contributed by atoms with Crippen molar-refractivity contribution in [3.63, 3.8) is 0 Å². The van der Waals surface area contributed by atoms with E-state index in [9.17, 15) is 9.59 Å². The minimum Gasteiger partial charge on any atom is -0.508 e. The third-order valence-electron chi connectivity index (χ3n) is 2.19. The van der Waals surface area contributed by atoms with Gasteiger partial charge in [0.1, 0.15) is 5.75 Å². The summed E-state index contributed by atoms with van der Waals surface area (Å²) in [6, 6.07) is 6.43. The Balaban J connectivity index is 2.31. The van der Waals surface area contributed by atoms with Crippen LogP contribution in [0.2, 0.25) is 0 Å². The number of carbonyl (C=O) groups excluding carboxylic acids is 1. The van der Waals surface area contributed by atoms with E-state index in [1.54, 1.807) is 18.2 Å². The Kier molecular flexibility index (Phi) is 5.44. The van der Waals surface area contributed by atoms with Crippen LogP contribution in [0, 0.1) is 0 Å². The van der Waals surface area contributed by atoms with Crippen molar-refractivity contribution in [1.29, 1.82) is 0 Å². The Morgan fingerprint density at radius 1 is 1.22 bits per heavy atom. The van der Waals surface area contributed by atoms with E-state index in [0.717, 1.165) is 5.56 Å². The van der Waals surface area contributed by atoms with Gasteiger partial charge in [-0.3, -0.25) is 9.59 Å². The van der Waals surface area contributed by atoms with Crippen molar-refractivity contribution in [2.45, 2.75) is 12.8 Å². The molecule has 5 heteroatoms. The highest BCUT2D eigenvalue weighted by molar-refractivity contribution is 5.91. The van der Waals surface area contributed by atoms with Crippen LogP contribution >= 0.6 is 0 Å². The predicted octanol–water partition coefficient (Wildman–Crippen LogP) is 1.39. The molecule has 0 aliphatic heterocycles. The number of carbonyl (C=O) groups is 2. The van der Waals surface area contributed by atoms with Crippen molar-refractivity contribution < 1.29 is 19.8 Å². The lowest BCUT2D eigenvalue weighted by molar-refractivity contribution is -0.137. The topological polar surface area (TPSA) is 86.6 Å². The van der Waals surface area contributed by atoms with Crippen LogP contribution in [0.15, 0.2) is 30.3 Å². The van der Waals surface area contributed by atoms with Gasteiger partial charge in [0, 0.05) is 19.0 Å². The Morgan fingerprint density at radius 2 is 1.89 bits per heavy atom. The quantitative estimate of drug-likeness (QED) is 0.525. The van der Waals surface area contributed by atoms with Crippen LogP contribution in [0.1, 0.15) is 18.4 Å². The Bertz CT molecular complexity index is 437. The van der Waals surface area contributed by atoms with Crippen LogP contribution in [-0.2, 0) is 9.59 Å². The van der Waals surface area contributed by atoms with Crippen molar-refractivity contribution in [2.24, 2.45) is 0 Å². The normalized spacial score (nSPS) is 10.4. The highest BCUT2D eigenvalue weighted by Crippen LogP contribution is 2.10. The van der Waals surface area contributed by atoms with E-state index < -0.39 is 5.97 Å². The largest absolute Gasteiger partial charge is 0.508 e. The summed E-state index contributed by atoms with van der Waals surface area (Å²) in [5, 5.41) is 20.1. The number of benzene rings is 1. The lowest BCUT2D eigenvalue weighted by atomic mass is 10.2. The monoisotopic (exact) mass is 249 g/mol. The number of nitrogens with one attached hydrogen (secondary N) is 1. The summed E-state index contributed by atoms with van der Waals surface area (Å²) >= 11 is 0. The number of phenols is 1. The number of carboxylic acids is 1. The van der Waals surface area contributed by atoms with E-state index in [1.807, 2.05) is 0 Å². The van der Waals surface area contributed by atoms with Gasteiger partial charge >= 0.3 is 5.97 Å². The van der Waals surface area contributed by atoms with E-state index in [0.29, 0.717) is 13.0 Å². The van der Waals surface area contributed by atoms with Gasteiger partial charge in [0.2, 0.25) is 5.91 Å². The minimum atomic E-state index is -0.871. The molecule has 5 nitrogen and oxygen atoms in total. The molecule has 0 heterocycles. The fourth-order valence-corrected chi connectivity index (χ4v) is 1.27. The van der Waals surface area contributed by atoms with E-state index in [1.165, 1.54) is 18.2 Å². The number of phenolic OH excluding ortho intramolecular Hbond substituents is 1. The molecule has 0 spiro atoms. The SMILES string of the molecule is O=C(O)CCCNC(=O)/C=C/c1ccc(O)cc1. The summed E-state index contributed by atoms with van der Waals surface area (Å²) in [6.45, 7) is 0.338. The molecule has 1 aromatic rings. The van der Waals surface area contributed by atoms with Gasteiger partial charge in [-0.1, -0.05) is 12.1 Å². The zero-order valence-corrected chi connectivity index (χ0v) is 9.80. The molecule has 1 amide bonds. The zero-order valence-electron chi connectivity index (χ0n) is 9.80. The Hall–Kier alpha value is -2.30. The molecule has 0 aliphatic carbocycles. The maximum absolute atomic E-state index is 11.3. The van der Waals surface area contributed by atoms with Crippen LogP contribution in [0.5, 0.6) is 5.75 Å². The highest BCUT2D eigenvalue weighted by atomic mass is 16.4. The fourth-order valence-electron chi connectivity index (χ4n) is 1.27. The van der Waals surface area contributed by atoms with Gasteiger partial charge in [-0.25, -0.2) is 0 Å². The summed E-state index contributed by atoms with van der Waals surface area (Å²) in [5.41, 5.74) is 0.800. The third-order valence-corrected chi connectivity index (χ3v) is 2.19. The average Bonchev–Trinajstić information content (AvgIpc) is 2.34. The number of hydrogen-bond acceptors (Lipinski definition) is 3. The third kappa shape index (κ3) is 5.69. The van der Waals surface area contributed by atoms with Gasteiger partial charge in [0.15, 0.2) is 0 Å². The number of rotatable bonds is 6. The van der Waals surface area contributed by atoms with Gasteiger partial charge in [0.25, 0.3) is 0 Å². The first kappa shape index (κ1) is 13.8. The highest BCUT2D eigenvalue weighted by Gasteiger charge is 1.98. The van der Waals surface area contributed by atoms with Gasteiger partial charge in [-0.15, -0.1) is 0 Å². The Labute approximate surface area is 105 Å². The smallest absolute Gasteiger partial charge is 0.303 e. The van der Waals surface area contributed by atoms with Crippen LogP contribution in [-0.4, -0.2) is 28.6 Å². The maximum Gasteiger partial charge on any atom is 0.303 e. The second-order valence-electron chi connectivity index (χ2n) is 3.71. The molecule has 1 aromatic carbocycles. The molecule has 0 fully saturated rings. The standard InChI is InChI=1S/C13H15NO4/c15-11-6-3-10(4-7-11)5-8-12(16)14-9-1-2-13(17)18/h3-8,15H,1-2,9H2,(H,14,16)(H,17,18)/b8-5+. The molecular weight excluding hydrogens is 234 g/mol. The molecule has 96 valence electrons. The predicted molar refractivity (Wildman–Crippen MR) is 67.0 cm³/mol. The lowest BCUT2D eigenvalue weighted by Crippen LogP contribution is -2.22. The van der Waals surface area contributed by atoms with Crippen LogP contribution in [0.3, 0.4) is 0 Å². The van der Waals surface area contributed by atoms with E-state index >= 15 is 0 Å². The molecular formula is C13H15NO4. The molecule has 0 saturated carbocycles. The number of hydrogen-bond donors (Lipinski definition) is 3. The average molecular weight is 249 g/mol. The number of aliphatic carboxylic acids is 1. The van der Waals surface area contributed by atoms with E-state index in [4.69, 9.17) is 10.2 Å². The molecule has 0 unspecified atom stereocenters. The first-order chi connectivity index (χ1) is 8.58. The molecule has 3 N–H and O–H groups in total. The van der Waals surface area contributed by atoms with Gasteiger partial charge in [-0.2, -0.15) is 0 Å². The number of amides is 1. The van der Waals surface area contributed by atoms with Crippen LogP contribution in [0.4, 0.5) is 0 Å². The van der Waals surface area contributed by atoms with Gasteiger partial charge in [-0.05, 0) is 30.2 Å². The van der Waals surface area contributed by atoms with Crippen molar-refractivity contribution >= 4 is 18.0 Å². The second-order valence-corrected chi connectivity index (χ2v) is 3.71. The van der Waals surface area contributed by atoms with Crippen LogP contribution < -0.4 is 5.32 Å². The van der Waals surface area contributed by atoms with Crippen LogP contribution in [0.25, 0.3) is 6.08 Å². The summed E-state index contributed by atoms with van der Waals surface area (Å²) < 4.78 is 0. The first-order valence-electron chi connectivity index (χ1n) is 5.54.